The quantitative estimate of drug-likeness (QED) is 0.786. The normalized spacial score (nSPS) is 25.1. The van der Waals surface area contributed by atoms with E-state index in [1.165, 1.54) is 0 Å². The van der Waals surface area contributed by atoms with E-state index in [1.54, 1.807) is 12.4 Å². The number of nitrogens with two attached hydrogens (primary N) is 1. The lowest BCUT2D eigenvalue weighted by atomic mass is 9.54. The van der Waals surface area contributed by atoms with Gasteiger partial charge in [0.1, 0.15) is 11.4 Å². The van der Waals surface area contributed by atoms with Crippen LogP contribution in [0.1, 0.15) is 27.2 Å². The molecule has 0 bridgehead atoms. The maximum atomic E-state index is 12.7. The molecule has 2 atom stereocenters. The van der Waals surface area contributed by atoms with Gasteiger partial charge in [-0.2, -0.15) is 0 Å². The molecule has 1 aromatic heterocycles. The standard InChI is InChI=1S/C18H24N4O2/c1-4-24-14-11-18(19,17(14,2)3)16(23)22-13-7-5-12(6-8-13)15-20-9-10-21-15/h5-10,14H,4,11,19H2,1-3H3,(H,20,21)(H,22,23). The van der Waals surface area contributed by atoms with Crippen molar-refractivity contribution in [3.8, 4) is 11.4 Å². The van der Waals surface area contributed by atoms with Crippen LogP contribution in [0.15, 0.2) is 36.7 Å². The predicted molar refractivity (Wildman–Crippen MR) is 93.4 cm³/mol. The monoisotopic (exact) mass is 328 g/mol. The zero-order valence-electron chi connectivity index (χ0n) is 14.3. The van der Waals surface area contributed by atoms with Crippen molar-refractivity contribution in [3.05, 3.63) is 36.7 Å². The number of ether oxygens (including phenoxy) is 1. The van der Waals surface area contributed by atoms with Crippen LogP contribution < -0.4 is 11.1 Å². The van der Waals surface area contributed by atoms with Crippen molar-refractivity contribution in [3.63, 3.8) is 0 Å². The van der Waals surface area contributed by atoms with Crippen molar-refractivity contribution in [1.29, 1.82) is 0 Å². The van der Waals surface area contributed by atoms with E-state index in [-0.39, 0.29) is 12.0 Å². The van der Waals surface area contributed by atoms with Gasteiger partial charge in [0.2, 0.25) is 5.91 Å². The van der Waals surface area contributed by atoms with E-state index in [4.69, 9.17) is 10.5 Å². The summed E-state index contributed by atoms with van der Waals surface area (Å²) < 4.78 is 5.68. The number of carbonyl (C=O) groups excluding carboxylic acids is 1. The second kappa shape index (κ2) is 6.03. The predicted octanol–water partition coefficient (Wildman–Crippen LogP) is 2.55. The molecule has 3 rings (SSSR count). The zero-order valence-corrected chi connectivity index (χ0v) is 14.3. The maximum Gasteiger partial charge on any atom is 0.245 e. The van der Waals surface area contributed by atoms with Crippen LogP contribution in [0.3, 0.4) is 0 Å². The first kappa shape index (κ1) is 16.7. The smallest absolute Gasteiger partial charge is 0.245 e. The third-order valence-electron chi connectivity index (χ3n) is 5.15. The van der Waals surface area contributed by atoms with Gasteiger partial charge in [0, 0.05) is 42.1 Å². The number of nitrogens with one attached hydrogen (secondary N) is 2. The molecule has 0 saturated heterocycles. The molecular formula is C18H24N4O2. The Morgan fingerprint density at radius 3 is 2.67 bits per heavy atom. The topological polar surface area (TPSA) is 93.0 Å². The molecule has 1 aliphatic rings. The van der Waals surface area contributed by atoms with Gasteiger partial charge in [-0.05, 0) is 31.2 Å². The SMILES string of the molecule is CCOC1CC(N)(C(=O)Nc2ccc(-c3ncc[nH]3)cc2)C1(C)C. The van der Waals surface area contributed by atoms with Gasteiger partial charge < -0.3 is 20.8 Å². The number of hydrogen-bond acceptors (Lipinski definition) is 4. The molecular weight excluding hydrogens is 304 g/mol. The lowest BCUT2D eigenvalue weighted by Gasteiger charge is -2.57. The van der Waals surface area contributed by atoms with Gasteiger partial charge in [0.25, 0.3) is 0 Å². The van der Waals surface area contributed by atoms with Gasteiger partial charge in [-0.3, -0.25) is 4.79 Å². The van der Waals surface area contributed by atoms with Gasteiger partial charge in [-0.25, -0.2) is 4.98 Å². The number of imidazole rings is 1. The Morgan fingerprint density at radius 2 is 2.12 bits per heavy atom. The van der Waals surface area contributed by atoms with E-state index in [0.29, 0.717) is 13.0 Å². The second-order valence-electron chi connectivity index (χ2n) is 6.81. The number of nitrogens with zero attached hydrogens (tertiary/aromatic N) is 1. The fourth-order valence-electron chi connectivity index (χ4n) is 3.20. The van der Waals surface area contributed by atoms with Gasteiger partial charge in [0.15, 0.2) is 0 Å². The first-order valence-electron chi connectivity index (χ1n) is 8.20. The highest BCUT2D eigenvalue weighted by atomic mass is 16.5. The number of anilines is 1. The molecule has 128 valence electrons. The number of amides is 1. The fourth-order valence-corrected chi connectivity index (χ4v) is 3.20. The van der Waals surface area contributed by atoms with Gasteiger partial charge >= 0.3 is 0 Å². The highest BCUT2D eigenvalue weighted by Crippen LogP contribution is 2.50. The van der Waals surface area contributed by atoms with Crippen LogP contribution >= 0.6 is 0 Å². The van der Waals surface area contributed by atoms with Crippen molar-refractivity contribution in [2.75, 3.05) is 11.9 Å². The first-order chi connectivity index (χ1) is 11.4. The summed E-state index contributed by atoms with van der Waals surface area (Å²) in [5.74, 6) is 0.622. The fraction of sp³-hybridized carbons (Fsp3) is 0.444. The Bertz CT molecular complexity index is 709. The molecule has 24 heavy (non-hydrogen) atoms. The van der Waals surface area contributed by atoms with E-state index in [0.717, 1.165) is 17.1 Å². The summed E-state index contributed by atoms with van der Waals surface area (Å²) in [6.45, 7) is 6.54. The average Bonchev–Trinajstić information content (AvgIpc) is 3.09. The van der Waals surface area contributed by atoms with E-state index < -0.39 is 11.0 Å². The van der Waals surface area contributed by atoms with E-state index in [1.807, 2.05) is 45.0 Å². The van der Waals surface area contributed by atoms with Gasteiger partial charge in [-0.1, -0.05) is 13.8 Å². The van der Waals surface area contributed by atoms with Crippen LogP contribution in [-0.2, 0) is 9.53 Å². The summed E-state index contributed by atoms with van der Waals surface area (Å²) in [7, 11) is 0. The molecule has 6 nitrogen and oxygen atoms in total. The summed E-state index contributed by atoms with van der Waals surface area (Å²) in [6, 6.07) is 7.52. The van der Waals surface area contributed by atoms with E-state index in [9.17, 15) is 4.79 Å². The van der Waals surface area contributed by atoms with Gasteiger partial charge in [0.05, 0.1) is 6.10 Å². The molecule has 1 fully saturated rings. The number of benzene rings is 1. The average molecular weight is 328 g/mol. The van der Waals surface area contributed by atoms with Crippen LogP contribution in [0.5, 0.6) is 0 Å². The number of aromatic amines is 1. The largest absolute Gasteiger partial charge is 0.378 e. The minimum atomic E-state index is -0.924. The molecule has 2 aromatic rings. The molecule has 1 saturated carbocycles. The first-order valence-corrected chi connectivity index (χ1v) is 8.20. The van der Waals surface area contributed by atoms with Crippen molar-refractivity contribution >= 4 is 11.6 Å². The molecule has 4 N–H and O–H groups in total. The lowest BCUT2D eigenvalue weighted by molar-refractivity contribution is -0.166. The molecule has 0 spiro atoms. The lowest BCUT2D eigenvalue weighted by Crippen LogP contribution is -2.74. The number of carbonyl (C=O) groups is 1. The summed E-state index contributed by atoms with van der Waals surface area (Å²) in [5.41, 5.74) is 6.74. The molecule has 1 aromatic carbocycles. The van der Waals surface area contributed by atoms with Crippen LogP contribution in [0.25, 0.3) is 11.4 Å². The third kappa shape index (κ3) is 2.61. The Hall–Kier alpha value is -2.18. The number of hydrogen-bond donors (Lipinski definition) is 3. The highest BCUT2D eigenvalue weighted by Gasteiger charge is 2.62. The summed E-state index contributed by atoms with van der Waals surface area (Å²) in [5, 5.41) is 2.93. The molecule has 0 aliphatic heterocycles. The number of aromatic nitrogens is 2. The molecule has 6 heteroatoms. The zero-order chi connectivity index (χ0) is 17.4. The summed E-state index contributed by atoms with van der Waals surface area (Å²) in [6.07, 6.45) is 4.02. The van der Waals surface area contributed by atoms with Crippen molar-refractivity contribution in [2.24, 2.45) is 11.1 Å². The van der Waals surface area contributed by atoms with Crippen LogP contribution in [0, 0.1) is 5.41 Å². The van der Waals surface area contributed by atoms with E-state index in [2.05, 4.69) is 15.3 Å². The number of H-pyrrole nitrogens is 1. The van der Waals surface area contributed by atoms with Crippen molar-refractivity contribution in [1.82, 2.24) is 9.97 Å². The third-order valence-corrected chi connectivity index (χ3v) is 5.15. The summed E-state index contributed by atoms with van der Waals surface area (Å²) >= 11 is 0. The van der Waals surface area contributed by atoms with Crippen LogP contribution in [0.2, 0.25) is 0 Å². The maximum absolute atomic E-state index is 12.7. The Balaban J connectivity index is 1.69. The van der Waals surface area contributed by atoms with E-state index >= 15 is 0 Å². The minimum absolute atomic E-state index is 0.0135. The number of rotatable bonds is 5. The van der Waals surface area contributed by atoms with Crippen LogP contribution in [0.4, 0.5) is 5.69 Å². The Morgan fingerprint density at radius 1 is 1.42 bits per heavy atom. The minimum Gasteiger partial charge on any atom is -0.378 e. The van der Waals surface area contributed by atoms with Gasteiger partial charge in [-0.15, -0.1) is 0 Å². The van der Waals surface area contributed by atoms with Crippen molar-refractivity contribution < 1.29 is 9.53 Å². The molecule has 1 heterocycles. The molecule has 2 unspecified atom stereocenters. The highest BCUT2D eigenvalue weighted by molar-refractivity contribution is 5.99. The molecule has 1 amide bonds. The van der Waals surface area contributed by atoms with Crippen LogP contribution in [-0.4, -0.2) is 34.1 Å². The second-order valence-corrected chi connectivity index (χ2v) is 6.81. The molecule has 0 radical (unpaired) electrons. The molecule has 1 aliphatic carbocycles. The van der Waals surface area contributed by atoms with Crippen molar-refractivity contribution in [2.45, 2.75) is 38.8 Å². The Kier molecular flexibility index (Phi) is 4.19. The summed E-state index contributed by atoms with van der Waals surface area (Å²) in [4.78, 5) is 19.9. The Labute approximate surface area is 141 Å².